The van der Waals surface area contributed by atoms with Gasteiger partial charge in [0.05, 0.1) is 110 Å². The van der Waals surface area contributed by atoms with Crippen LogP contribution in [0.1, 0.15) is 75.8 Å². The number of carbonyl (C=O) groups is 12. The van der Waals surface area contributed by atoms with E-state index in [1.54, 1.807) is 97.3 Å². The summed E-state index contributed by atoms with van der Waals surface area (Å²) >= 11 is 0. The van der Waals surface area contributed by atoms with Gasteiger partial charge in [0.2, 0.25) is 35.4 Å². The molecule has 34 heteroatoms. The summed E-state index contributed by atoms with van der Waals surface area (Å²) in [7, 11) is 12.3. The number of methoxy groups -OCH3 is 6. The number of aliphatic carboxylic acids is 3. The lowest BCUT2D eigenvalue weighted by molar-refractivity contribution is -0.176. The van der Waals surface area contributed by atoms with Crippen LogP contribution in [0.2, 0.25) is 0 Å². The monoisotopic (exact) mass is 1920 g/mol. The Morgan fingerprint density at radius 1 is 0.270 bits per heavy atom. The van der Waals surface area contributed by atoms with Crippen molar-refractivity contribution in [3.63, 3.8) is 0 Å². The molecule has 0 aromatic heterocycles. The van der Waals surface area contributed by atoms with E-state index in [0.29, 0.717) is 73.6 Å². The van der Waals surface area contributed by atoms with Crippen LogP contribution in [0.5, 0.6) is 34.5 Å². The number of hydrogen-bond acceptors (Lipinski definition) is 28. The van der Waals surface area contributed by atoms with E-state index in [9.17, 15) is 62.6 Å². The number of benzene rings is 10. The van der Waals surface area contributed by atoms with Gasteiger partial charge in [-0.05, 0) is 135 Å². The van der Waals surface area contributed by atoms with Gasteiger partial charge in [0.1, 0.15) is 119 Å². The van der Waals surface area contributed by atoms with E-state index in [1.165, 1.54) is 19.0 Å². The number of imide groups is 3. The molecule has 19 rings (SSSR count). The summed E-state index contributed by atoms with van der Waals surface area (Å²) in [5.41, 5.74) is 2.78. The van der Waals surface area contributed by atoms with Crippen LogP contribution >= 0.6 is 0 Å². The molecule has 141 heavy (non-hydrogen) atoms. The second-order valence-electron chi connectivity index (χ2n) is 35.0. The minimum absolute atomic E-state index is 0.377. The molecule has 9 aliphatic rings. The zero-order chi connectivity index (χ0) is 99.5. The quantitative estimate of drug-likeness (QED) is 0.0144. The van der Waals surface area contributed by atoms with E-state index in [0.717, 1.165) is 26.5 Å². The van der Waals surface area contributed by atoms with Crippen LogP contribution in [0.3, 0.4) is 0 Å². The molecule has 730 valence electrons. The normalized spacial score (nSPS) is 24.7. The average Bonchev–Trinajstić information content (AvgIpc) is 1.53. The second kappa shape index (κ2) is 41.2. The van der Waals surface area contributed by atoms with Gasteiger partial charge in [-0.1, -0.05) is 182 Å². The molecule has 6 bridgehead atoms. The number of esters is 3. The maximum Gasteiger partial charge on any atom is 0.332 e. The van der Waals surface area contributed by atoms with Crippen molar-refractivity contribution in [2.24, 2.45) is 35.5 Å². The van der Waals surface area contributed by atoms with Gasteiger partial charge in [-0.3, -0.25) is 57.7 Å². The summed E-state index contributed by atoms with van der Waals surface area (Å²) in [5.74, 6) is -9.96. The van der Waals surface area contributed by atoms with Crippen molar-refractivity contribution in [3.05, 3.63) is 317 Å². The van der Waals surface area contributed by atoms with Gasteiger partial charge in [0, 0.05) is 14.1 Å². The molecule has 9 fully saturated rings. The molecule has 34 nitrogen and oxygen atoms in total. The Balaban J connectivity index is 0.000000146. The highest BCUT2D eigenvalue weighted by atomic mass is 16.7. The number of carboxylic acid groups (broad SMARTS) is 3. The molecule has 10 aromatic rings. The molecular weight excluding hydrogens is 1820 g/mol. The van der Waals surface area contributed by atoms with Crippen molar-refractivity contribution < 1.29 is 149 Å². The zero-order valence-electron chi connectivity index (χ0n) is 77.7. The van der Waals surface area contributed by atoms with Gasteiger partial charge in [-0.25, -0.2) is 14.5 Å². The van der Waals surface area contributed by atoms with E-state index < -0.39 is 223 Å². The van der Waals surface area contributed by atoms with Crippen LogP contribution in [0.25, 0.3) is 0 Å². The number of carboxylic acids is 3. The number of carbonyl (C=O) groups excluding carboxylic acids is 9. The lowest BCUT2D eigenvalue weighted by Gasteiger charge is -2.42. The third-order valence-corrected chi connectivity index (χ3v) is 27.4. The van der Waals surface area contributed by atoms with Crippen LogP contribution in [0.15, 0.2) is 267 Å². The maximum atomic E-state index is 14.1. The number of hydrogen-bond donors (Lipinski definition) is 3. The van der Waals surface area contributed by atoms with E-state index >= 15 is 0 Å². The molecule has 0 aliphatic carbocycles. The molecule has 0 saturated carbocycles. The van der Waals surface area contributed by atoms with Crippen LogP contribution in [0.4, 0.5) is 5.69 Å². The van der Waals surface area contributed by atoms with Gasteiger partial charge in [-0.15, -0.1) is 0 Å². The van der Waals surface area contributed by atoms with Crippen LogP contribution in [-0.2, 0) is 122 Å². The molecule has 3 N–H and O–H groups in total. The first-order chi connectivity index (χ1) is 68.1. The Morgan fingerprint density at radius 2 is 0.489 bits per heavy atom. The van der Waals surface area contributed by atoms with Crippen molar-refractivity contribution in [2.75, 3.05) is 74.9 Å². The fraction of sp³-hybridized carbons (Fsp3) is 0.327. The number of fused-ring (bicyclic) bond motifs is 15. The molecule has 6 amide bonds. The summed E-state index contributed by atoms with van der Waals surface area (Å²) in [6.45, 7) is -1.34. The SMILES string of the molecule is COc1ccc(C(OC2C(OC(=O)CCC(=O)O)C3OC2C2C(=O)N(C)C(=O)C32)(c2ccccc2)c2ccc(OC)cc2)cc1.COc1ccc(C(OC2C(OC(=O)CCC(=O)O)C3OC2C2C(=O)N(c4ccccc4)C(=O)C32)(c2ccccc2)c2ccc(OC)cc2)cc1.COc1ccc(C(OC2C(OC(=O)COCC(=O)O)C3OC2C2C(=O)N(C)C(=O)C32)(c2ccccc2)c2ccc(OC)cc2)cc1. The topological polar surface area (TPSA) is 423 Å². The van der Waals surface area contributed by atoms with Crippen molar-refractivity contribution in [2.45, 2.75) is 116 Å². The van der Waals surface area contributed by atoms with Crippen LogP contribution in [-0.4, -0.2) is 240 Å². The Bertz CT molecular complexity index is 6140. The summed E-state index contributed by atoms with van der Waals surface area (Å²) < 4.78 is 96.1. The third kappa shape index (κ3) is 18.2. The number of ether oxygens (including phenoxy) is 16. The highest BCUT2D eigenvalue weighted by molar-refractivity contribution is 6.23. The van der Waals surface area contributed by atoms with Crippen molar-refractivity contribution in [1.82, 2.24) is 9.80 Å². The zero-order valence-corrected chi connectivity index (χ0v) is 77.7. The Kier molecular flexibility index (Phi) is 28.5. The standard InChI is InChI=1S/C39H35NO10.C34H33NO11.C34H33NO10/c1-46-27-17-13-24(14-18-27)39(23-9-5-3-6-10-23,25-15-19-28(47-2)20-16-25)50-36-34-32-31(33(49-34)35(36)48-30(43)22-21-29(41)42)37(44)40(38(32)45)26-11-7-4-8-12-26;1-35-32(39)26-27(33(35)40)29-31(30(28(26)45-29)44-25(38)18-43-17-24(36)37)46-34(19-7-5-4-6-8-19,20-9-13-22(41-2)14-10-20)21-11-15-23(42-3)16-12-21;1-35-32(39)26-27(33(35)40)29-31(30(28(26)44-29)43-25(38)18-17-24(36)37)45-34(19-7-5-4-6-8-19,20-9-13-22(41-2)14-10-20)21-11-15-23(42-3)16-12-21/h3-20,31-36H,21-22H2,1-2H3,(H,41,42);4-16,26-31H,17-18H2,1-3H3,(H,36,37);4-16,26-31H,17-18H2,1-3H3,(H,36,37). The van der Waals surface area contributed by atoms with E-state index in [-0.39, 0.29) is 12.3 Å². The first kappa shape index (κ1) is 97.6. The minimum atomic E-state index is -1.37. The molecule has 18 unspecified atom stereocenters. The van der Waals surface area contributed by atoms with Crippen molar-refractivity contribution in [3.8, 4) is 34.5 Å². The lowest BCUT2D eigenvalue weighted by Crippen LogP contribution is -2.54. The average molecular weight is 1920 g/mol. The van der Waals surface area contributed by atoms with Crippen molar-refractivity contribution in [1.29, 1.82) is 0 Å². The van der Waals surface area contributed by atoms with E-state index in [1.807, 2.05) is 212 Å². The highest BCUT2D eigenvalue weighted by Crippen LogP contribution is 2.59. The summed E-state index contributed by atoms with van der Waals surface area (Å²) in [6, 6.07) is 81.2. The number of nitrogens with zero attached hydrogens (tertiary/aromatic N) is 3. The fourth-order valence-electron chi connectivity index (χ4n) is 21.0. The molecular formula is C107H101N3O31. The molecule has 0 radical (unpaired) electrons. The summed E-state index contributed by atoms with van der Waals surface area (Å²) in [5, 5.41) is 27.3. The fourth-order valence-corrected chi connectivity index (χ4v) is 21.0. The van der Waals surface area contributed by atoms with Crippen LogP contribution < -0.4 is 33.3 Å². The number of anilines is 1. The molecule has 18 atom stereocenters. The molecule has 9 saturated heterocycles. The lowest BCUT2D eigenvalue weighted by atomic mass is 9.76. The summed E-state index contributed by atoms with van der Waals surface area (Å²) in [4.78, 5) is 157. The second-order valence-corrected chi connectivity index (χ2v) is 35.0. The first-order valence-electron chi connectivity index (χ1n) is 45.6. The van der Waals surface area contributed by atoms with Gasteiger partial charge in [0.25, 0.3) is 0 Å². The van der Waals surface area contributed by atoms with Gasteiger partial charge in [-0.2, -0.15) is 0 Å². The number of likely N-dealkylation sites (tertiary alicyclic amines) is 2. The number of para-hydroxylation sites is 1. The first-order valence-corrected chi connectivity index (χ1v) is 45.6. The van der Waals surface area contributed by atoms with Crippen LogP contribution in [0, 0.1) is 35.5 Å². The molecule has 0 spiro atoms. The van der Waals surface area contributed by atoms with E-state index in [2.05, 4.69) is 0 Å². The molecule has 9 heterocycles. The Labute approximate surface area is 808 Å². The molecule has 10 aromatic carbocycles. The maximum absolute atomic E-state index is 14.1. The predicted octanol–water partition coefficient (Wildman–Crippen LogP) is 10.3. The third-order valence-electron chi connectivity index (χ3n) is 27.4. The predicted molar refractivity (Wildman–Crippen MR) is 495 cm³/mol. The minimum Gasteiger partial charge on any atom is -0.497 e. The van der Waals surface area contributed by atoms with Gasteiger partial charge >= 0.3 is 35.8 Å². The molecule has 9 aliphatic heterocycles. The van der Waals surface area contributed by atoms with E-state index in [4.69, 9.17) is 86.0 Å². The van der Waals surface area contributed by atoms with Gasteiger partial charge < -0.3 is 91.1 Å². The number of rotatable bonds is 35. The Hall–Kier alpha value is -15.0. The smallest absolute Gasteiger partial charge is 0.332 e. The number of amides is 6. The Morgan fingerprint density at radius 3 is 0.723 bits per heavy atom. The van der Waals surface area contributed by atoms with Crippen molar-refractivity contribution >= 4 is 76.9 Å². The largest absolute Gasteiger partial charge is 0.497 e. The van der Waals surface area contributed by atoms with Gasteiger partial charge in [0.15, 0.2) is 18.3 Å². The summed E-state index contributed by atoms with van der Waals surface area (Å²) in [6.07, 6.45) is -13.9. The highest BCUT2D eigenvalue weighted by Gasteiger charge is 2.75.